The first kappa shape index (κ1) is 14.6. The Kier molecular flexibility index (Phi) is 4.32. The molecular weight excluding hydrogens is 258 g/mol. The van der Waals surface area contributed by atoms with Gasteiger partial charge in [0.2, 0.25) is 0 Å². The van der Waals surface area contributed by atoms with Gasteiger partial charge in [0.15, 0.2) is 0 Å². The van der Waals surface area contributed by atoms with Crippen LogP contribution in [0.3, 0.4) is 0 Å². The van der Waals surface area contributed by atoms with Crippen LogP contribution in [0.15, 0.2) is 30.3 Å². The van der Waals surface area contributed by atoms with Crippen LogP contribution in [0.4, 0.5) is 0 Å². The van der Waals surface area contributed by atoms with E-state index in [4.69, 9.17) is 0 Å². The molecule has 0 amide bonds. The van der Waals surface area contributed by atoms with Gasteiger partial charge in [0.25, 0.3) is 0 Å². The largest absolute Gasteiger partial charge is 0.358 e. The molecule has 0 bridgehead atoms. The molecule has 21 heavy (non-hydrogen) atoms. The minimum Gasteiger partial charge on any atom is -0.358 e. The summed E-state index contributed by atoms with van der Waals surface area (Å²) in [5, 5.41) is 5.08. The van der Waals surface area contributed by atoms with E-state index >= 15 is 0 Å². The molecule has 0 radical (unpaired) electrons. The minimum atomic E-state index is 0.653. The molecule has 3 rings (SSSR count). The number of aromatic amines is 1. The fourth-order valence-electron chi connectivity index (χ4n) is 3.49. The summed E-state index contributed by atoms with van der Waals surface area (Å²) in [4.78, 5) is 5.98. The highest BCUT2D eigenvalue weighted by Gasteiger charge is 2.28. The SMILES string of the molecule is C[C@@H]1CN(C)[C@H](C)C[C@H]1NCCc1cc2ccccc2[nH]1. The molecule has 0 aliphatic carbocycles. The van der Waals surface area contributed by atoms with Gasteiger partial charge in [0.05, 0.1) is 0 Å². The van der Waals surface area contributed by atoms with Crippen LogP contribution in [0, 0.1) is 5.92 Å². The number of hydrogen-bond acceptors (Lipinski definition) is 2. The first-order valence-corrected chi connectivity index (χ1v) is 8.13. The average Bonchev–Trinajstić information content (AvgIpc) is 2.87. The highest BCUT2D eigenvalue weighted by Crippen LogP contribution is 2.21. The first-order valence-electron chi connectivity index (χ1n) is 8.13. The van der Waals surface area contributed by atoms with Gasteiger partial charge in [0, 0.05) is 36.4 Å². The molecule has 1 fully saturated rings. The summed E-state index contributed by atoms with van der Waals surface area (Å²) in [5.41, 5.74) is 2.58. The standard InChI is InChI=1S/C18H27N3/c1-13-12-21(3)14(2)10-18(13)19-9-8-16-11-15-6-4-5-7-17(15)20-16/h4-7,11,13-14,18-20H,8-10,12H2,1-3H3/t13-,14-,18-/m1/s1. The van der Waals surface area contributed by atoms with Crippen molar-refractivity contribution in [1.82, 2.24) is 15.2 Å². The first-order chi connectivity index (χ1) is 10.1. The Bertz CT molecular complexity index is 556. The number of fused-ring (bicyclic) bond motifs is 1. The van der Waals surface area contributed by atoms with E-state index in [1.807, 2.05) is 0 Å². The molecule has 114 valence electrons. The van der Waals surface area contributed by atoms with Crippen LogP contribution < -0.4 is 5.32 Å². The normalized spacial score (nSPS) is 27.3. The number of benzene rings is 1. The molecule has 1 saturated heterocycles. The van der Waals surface area contributed by atoms with Crippen LogP contribution in [0.2, 0.25) is 0 Å². The Morgan fingerprint density at radius 1 is 1.29 bits per heavy atom. The van der Waals surface area contributed by atoms with Crippen molar-refractivity contribution in [2.75, 3.05) is 20.1 Å². The average molecular weight is 285 g/mol. The Hall–Kier alpha value is -1.32. The molecule has 3 nitrogen and oxygen atoms in total. The molecule has 1 aromatic heterocycles. The van der Waals surface area contributed by atoms with E-state index in [0.717, 1.165) is 18.9 Å². The zero-order valence-electron chi connectivity index (χ0n) is 13.4. The van der Waals surface area contributed by atoms with Crippen molar-refractivity contribution < 1.29 is 0 Å². The van der Waals surface area contributed by atoms with E-state index in [9.17, 15) is 0 Å². The van der Waals surface area contributed by atoms with E-state index in [1.54, 1.807) is 0 Å². The third kappa shape index (κ3) is 3.30. The summed E-state index contributed by atoms with van der Waals surface area (Å²) in [6, 6.07) is 12.1. The maximum absolute atomic E-state index is 3.77. The molecule has 2 aromatic rings. The van der Waals surface area contributed by atoms with Crippen molar-refractivity contribution in [1.29, 1.82) is 0 Å². The molecule has 3 heteroatoms. The third-order valence-corrected chi connectivity index (χ3v) is 5.00. The lowest BCUT2D eigenvalue weighted by Crippen LogP contribution is -2.51. The molecule has 1 aromatic carbocycles. The zero-order valence-corrected chi connectivity index (χ0v) is 13.4. The lowest BCUT2D eigenvalue weighted by Gasteiger charge is -2.40. The molecule has 0 unspecified atom stereocenters. The molecule has 1 aliphatic rings. The molecule has 1 aliphatic heterocycles. The van der Waals surface area contributed by atoms with Crippen molar-refractivity contribution in [2.24, 2.45) is 5.92 Å². The Balaban J connectivity index is 1.53. The van der Waals surface area contributed by atoms with Crippen LogP contribution in [0.25, 0.3) is 10.9 Å². The number of rotatable bonds is 4. The number of para-hydroxylation sites is 1. The zero-order chi connectivity index (χ0) is 14.8. The van der Waals surface area contributed by atoms with E-state index in [2.05, 4.69) is 66.4 Å². The molecular formula is C18H27N3. The molecule has 2 N–H and O–H groups in total. The Morgan fingerprint density at radius 2 is 2.10 bits per heavy atom. The van der Waals surface area contributed by atoms with Crippen LogP contribution in [-0.2, 0) is 6.42 Å². The van der Waals surface area contributed by atoms with Gasteiger partial charge in [-0.3, -0.25) is 0 Å². The molecule has 2 heterocycles. The number of nitrogens with zero attached hydrogens (tertiary/aromatic N) is 1. The second kappa shape index (κ2) is 6.20. The van der Waals surface area contributed by atoms with E-state index in [0.29, 0.717) is 12.1 Å². The summed E-state index contributed by atoms with van der Waals surface area (Å²) in [6.07, 6.45) is 2.33. The van der Waals surface area contributed by atoms with Crippen LogP contribution in [0.1, 0.15) is 26.0 Å². The number of H-pyrrole nitrogens is 1. The summed E-state index contributed by atoms with van der Waals surface area (Å²) in [6.45, 7) is 6.95. The topological polar surface area (TPSA) is 31.1 Å². The van der Waals surface area contributed by atoms with Gasteiger partial charge < -0.3 is 15.2 Å². The van der Waals surface area contributed by atoms with E-state index < -0.39 is 0 Å². The van der Waals surface area contributed by atoms with Gasteiger partial charge in [-0.2, -0.15) is 0 Å². The maximum atomic E-state index is 3.77. The highest BCUT2D eigenvalue weighted by molar-refractivity contribution is 5.80. The lowest BCUT2D eigenvalue weighted by atomic mass is 9.90. The Labute approximate surface area is 127 Å². The maximum Gasteiger partial charge on any atom is 0.0456 e. The Morgan fingerprint density at radius 3 is 2.90 bits per heavy atom. The van der Waals surface area contributed by atoms with E-state index in [1.165, 1.54) is 29.6 Å². The number of aromatic nitrogens is 1. The monoisotopic (exact) mass is 285 g/mol. The molecule has 0 spiro atoms. The van der Waals surface area contributed by atoms with Crippen molar-refractivity contribution in [3.8, 4) is 0 Å². The summed E-state index contributed by atoms with van der Waals surface area (Å²) >= 11 is 0. The summed E-state index contributed by atoms with van der Waals surface area (Å²) < 4.78 is 0. The predicted octanol–water partition coefficient (Wildman–Crippen LogP) is 3.03. The number of hydrogen-bond donors (Lipinski definition) is 2. The molecule has 0 saturated carbocycles. The smallest absolute Gasteiger partial charge is 0.0456 e. The third-order valence-electron chi connectivity index (χ3n) is 5.00. The second-order valence-electron chi connectivity index (χ2n) is 6.69. The van der Waals surface area contributed by atoms with Gasteiger partial charge >= 0.3 is 0 Å². The van der Waals surface area contributed by atoms with Gasteiger partial charge in [-0.1, -0.05) is 25.1 Å². The fraction of sp³-hybridized carbons (Fsp3) is 0.556. The predicted molar refractivity (Wildman–Crippen MR) is 89.7 cm³/mol. The summed E-state index contributed by atoms with van der Waals surface area (Å²) in [7, 11) is 2.24. The number of nitrogens with one attached hydrogen (secondary N) is 2. The minimum absolute atomic E-state index is 0.653. The highest BCUT2D eigenvalue weighted by atomic mass is 15.2. The van der Waals surface area contributed by atoms with Gasteiger partial charge in [0.1, 0.15) is 0 Å². The van der Waals surface area contributed by atoms with Crippen molar-refractivity contribution in [3.63, 3.8) is 0 Å². The van der Waals surface area contributed by atoms with Gasteiger partial charge in [-0.05, 0) is 50.2 Å². The summed E-state index contributed by atoms with van der Waals surface area (Å²) in [5.74, 6) is 0.730. The van der Waals surface area contributed by atoms with Gasteiger partial charge in [-0.15, -0.1) is 0 Å². The lowest BCUT2D eigenvalue weighted by molar-refractivity contribution is 0.122. The fourth-order valence-corrected chi connectivity index (χ4v) is 3.49. The quantitative estimate of drug-likeness (QED) is 0.904. The van der Waals surface area contributed by atoms with Crippen LogP contribution in [0.5, 0.6) is 0 Å². The van der Waals surface area contributed by atoms with Crippen LogP contribution >= 0.6 is 0 Å². The van der Waals surface area contributed by atoms with Crippen molar-refractivity contribution in [2.45, 2.75) is 38.8 Å². The van der Waals surface area contributed by atoms with E-state index in [-0.39, 0.29) is 0 Å². The number of likely N-dealkylation sites (tertiary alicyclic amines) is 1. The second-order valence-corrected chi connectivity index (χ2v) is 6.69. The number of piperidine rings is 1. The molecule has 3 atom stereocenters. The van der Waals surface area contributed by atoms with Crippen molar-refractivity contribution >= 4 is 10.9 Å². The van der Waals surface area contributed by atoms with Crippen molar-refractivity contribution in [3.05, 3.63) is 36.0 Å². The van der Waals surface area contributed by atoms with Gasteiger partial charge in [-0.25, -0.2) is 0 Å². The van der Waals surface area contributed by atoms with Crippen LogP contribution in [-0.4, -0.2) is 42.1 Å².